The van der Waals surface area contributed by atoms with Gasteiger partial charge in [-0.2, -0.15) is 16.9 Å². The van der Waals surface area contributed by atoms with Crippen LogP contribution >= 0.6 is 27.7 Å². The number of nitrogens with zero attached hydrogens (tertiary/aromatic N) is 2. The lowest BCUT2D eigenvalue weighted by Gasteiger charge is -2.21. The predicted octanol–water partition coefficient (Wildman–Crippen LogP) is 2.80. The number of hydrogen-bond donors (Lipinski definition) is 0. The largest absolute Gasteiger partial charge is 0.492 e. The second-order valence-electron chi connectivity index (χ2n) is 3.77. The molecule has 0 bridgehead atoms. The lowest BCUT2D eigenvalue weighted by atomic mass is 10.1. The molecule has 0 N–H and O–H groups in total. The first-order valence-corrected chi connectivity index (χ1v) is 7.09. The van der Waals surface area contributed by atoms with Gasteiger partial charge in [0, 0.05) is 6.54 Å². The SMILES string of the molecule is COc1cnn(CC2CCCSC2)c1Br. The van der Waals surface area contributed by atoms with Crippen LogP contribution in [0.5, 0.6) is 5.75 Å². The van der Waals surface area contributed by atoms with Crippen LogP contribution in [0.4, 0.5) is 0 Å². The van der Waals surface area contributed by atoms with Gasteiger partial charge in [0.1, 0.15) is 4.60 Å². The molecule has 2 rings (SSSR count). The quantitative estimate of drug-likeness (QED) is 0.857. The summed E-state index contributed by atoms with van der Waals surface area (Å²) < 4.78 is 8.13. The summed E-state index contributed by atoms with van der Waals surface area (Å²) in [5, 5.41) is 4.32. The molecule has 0 saturated carbocycles. The van der Waals surface area contributed by atoms with Crippen molar-refractivity contribution < 1.29 is 4.74 Å². The lowest BCUT2D eigenvalue weighted by Crippen LogP contribution is -2.18. The number of methoxy groups -OCH3 is 1. The minimum Gasteiger partial charge on any atom is -0.492 e. The Hall–Kier alpha value is -0.160. The third kappa shape index (κ3) is 2.69. The van der Waals surface area contributed by atoms with E-state index in [4.69, 9.17) is 4.74 Å². The molecule has 0 aliphatic carbocycles. The van der Waals surface area contributed by atoms with E-state index in [9.17, 15) is 0 Å². The lowest BCUT2D eigenvalue weighted by molar-refractivity contribution is 0.398. The van der Waals surface area contributed by atoms with Crippen LogP contribution < -0.4 is 4.74 Å². The summed E-state index contributed by atoms with van der Waals surface area (Å²) in [6, 6.07) is 0. The maximum Gasteiger partial charge on any atom is 0.171 e. The molecule has 1 atom stereocenters. The molecule has 0 amide bonds. The second kappa shape index (κ2) is 5.25. The number of halogens is 1. The van der Waals surface area contributed by atoms with E-state index in [1.165, 1.54) is 24.3 Å². The van der Waals surface area contributed by atoms with Gasteiger partial charge in [0.2, 0.25) is 0 Å². The van der Waals surface area contributed by atoms with Gasteiger partial charge in [-0.25, -0.2) is 0 Å². The van der Waals surface area contributed by atoms with Crippen LogP contribution in [0.2, 0.25) is 0 Å². The zero-order valence-corrected chi connectivity index (χ0v) is 11.2. The molecule has 1 aliphatic rings. The first-order chi connectivity index (χ1) is 7.31. The molecule has 0 radical (unpaired) electrons. The van der Waals surface area contributed by atoms with Crippen LogP contribution in [0.1, 0.15) is 12.8 Å². The van der Waals surface area contributed by atoms with Gasteiger partial charge in [0.05, 0.1) is 13.3 Å². The van der Waals surface area contributed by atoms with Crippen molar-refractivity contribution in [2.45, 2.75) is 19.4 Å². The van der Waals surface area contributed by atoms with E-state index in [0.29, 0.717) is 0 Å². The van der Waals surface area contributed by atoms with Crippen LogP contribution in [0, 0.1) is 5.92 Å². The smallest absolute Gasteiger partial charge is 0.171 e. The molecule has 1 unspecified atom stereocenters. The Labute approximate surface area is 103 Å². The van der Waals surface area contributed by atoms with Crippen molar-refractivity contribution in [1.82, 2.24) is 9.78 Å². The summed E-state index contributed by atoms with van der Waals surface area (Å²) >= 11 is 5.56. The maximum atomic E-state index is 5.18. The van der Waals surface area contributed by atoms with Gasteiger partial charge in [-0.1, -0.05) is 0 Å². The van der Waals surface area contributed by atoms with Crippen molar-refractivity contribution in [3.63, 3.8) is 0 Å². The summed E-state index contributed by atoms with van der Waals surface area (Å²) in [7, 11) is 1.67. The molecule has 1 aromatic rings. The molecule has 1 aliphatic heterocycles. The number of hydrogen-bond acceptors (Lipinski definition) is 3. The zero-order chi connectivity index (χ0) is 10.7. The topological polar surface area (TPSA) is 27.1 Å². The van der Waals surface area contributed by atoms with Crippen LogP contribution in [-0.2, 0) is 6.54 Å². The first-order valence-electron chi connectivity index (χ1n) is 5.14. The highest BCUT2D eigenvalue weighted by Crippen LogP contribution is 2.28. The van der Waals surface area contributed by atoms with Gasteiger partial charge < -0.3 is 4.74 Å². The Morgan fingerprint density at radius 1 is 1.73 bits per heavy atom. The molecular formula is C10H15BrN2OS. The van der Waals surface area contributed by atoms with Crippen LogP contribution in [0.3, 0.4) is 0 Å². The van der Waals surface area contributed by atoms with Gasteiger partial charge >= 0.3 is 0 Å². The molecule has 15 heavy (non-hydrogen) atoms. The van der Waals surface area contributed by atoms with Crippen molar-refractivity contribution in [1.29, 1.82) is 0 Å². The molecule has 2 heterocycles. The Kier molecular flexibility index (Phi) is 3.97. The van der Waals surface area contributed by atoms with E-state index in [0.717, 1.165) is 22.8 Å². The first kappa shape index (κ1) is 11.3. The van der Waals surface area contributed by atoms with Crippen LogP contribution in [0.15, 0.2) is 10.8 Å². The van der Waals surface area contributed by atoms with E-state index in [2.05, 4.69) is 32.8 Å². The number of rotatable bonds is 3. The van der Waals surface area contributed by atoms with E-state index < -0.39 is 0 Å². The zero-order valence-electron chi connectivity index (χ0n) is 8.78. The fourth-order valence-electron chi connectivity index (χ4n) is 1.81. The molecule has 0 aromatic carbocycles. The van der Waals surface area contributed by atoms with E-state index >= 15 is 0 Å². The summed E-state index contributed by atoms with van der Waals surface area (Å²) in [6.45, 7) is 0.997. The highest BCUT2D eigenvalue weighted by molar-refractivity contribution is 9.10. The summed E-state index contributed by atoms with van der Waals surface area (Å²) in [4.78, 5) is 0. The monoisotopic (exact) mass is 290 g/mol. The fraction of sp³-hybridized carbons (Fsp3) is 0.700. The van der Waals surface area contributed by atoms with Crippen molar-refractivity contribution in [3.8, 4) is 5.75 Å². The summed E-state index contributed by atoms with van der Waals surface area (Å²) in [5.74, 6) is 4.15. The second-order valence-corrected chi connectivity index (χ2v) is 5.67. The van der Waals surface area contributed by atoms with E-state index in [1.54, 1.807) is 13.3 Å². The average molecular weight is 291 g/mol. The highest BCUT2D eigenvalue weighted by atomic mass is 79.9. The Morgan fingerprint density at radius 2 is 2.60 bits per heavy atom. The molecule has 1 aromatic heterocycles. The van der Waals surface area contributed by atoms with Gasteiger partial charge in [-0.3, -0.25) is 4.68 Å². The predicted molar refractivity (Wildman–Crippen MR) is 66.5 cm³/mol. The standard InChI is InChI=1S/C10H15BrN2OS/c1-14-9-5-12-13(10(9)11)6-8-3-2-4-15-7-8/h5,8H,2-4,6-7H2,1H3. The third-order valence-corrected chi connectivity index (χ3v) is 4.73. The molecule has 5 heteroatoms. The van der Waals surface area contributed by atoms with Crippen molar-refractivity contribution >= 4 is 27.7 Å². The molecular weight excluding hydrogens is 276 g/mol. The maximum absolute atomic E-state index is 5.18. The molecule has 84 valence electrons. The van der Waals surface area contributed by atoms with Crippen LogP contribution in [0.25, 0.3) is 0 Å². The Balaban J connectivity index is 2.00. The number of thioether (sulfide) groups is 1. The highest BCUT2D eigenvalue weighted by Gasteiger charge is 2.17. The van der Waals surface area contributed by atoms with Gasteiger partial charge in [-0.05, 0) is 46.2 Å². The fourth-order valence-corrected chi connectivity index (χ4v) is 3.46. The molecule has 3 nitrogen and oxygen atoms in total. The Morgan fingerprint density at radius 3 is 3.20 bits per heavy atom. The van der Waals surface area contributed by atoms with Crippen molar-refractivity contribution in [3.05, 3.63) is 10.8 Å². The molecule has 0 spiro atoms. The van der Waals surface area contributed by atoms with Crippen LogP contribution in [-0.4, -0.2) is 28.4 Å². The molecule has 1 fully saturated rings. The minimum atomic E-state index is 0.754. The van der Waals surface area contributed by atoms with Gasteiger partial charge in [-0.15, -0.1) is 0 Å². The van der Waals surface area contributed by atoms with Crippen molar-refractivity contribution in [2.75, 3.05) is 18.6 Å². The number of aromatic nitrogens is 2. The number of ether oxygens (including phenoxy) is 1. The minimum absolute atomic E-state index is 0.754. The van der Waals surface area contributed by atoms with E-state index in [1.807, 2.05) is 4.68 Å². The summed E-state index contributed by atoms with van der Waals surface area (Å²) in [6.07, 6.45) is 4.42. The van der Waals surface area contributed by atoms with Crippen molar-refractivity contribution in [2.24, 2.45) is 5.92 Å². The Bertz CT molecular complexity index is 323. The van der Waals surface area contributed by atoms with Gasteiger partial charge in [0.25, 0.3) is 0 Å². The van der Waals surface area contributed by atoms with E-state index in [-0.39, 0.29) is 0 Å². The normalized spacial score (nSPS) is 21.6. The summed E-state index contributed by atoms with van der Waals surface area (Å²) in [5.41, 5.74) is 0. The van der Waals surface area contributed by atoms with Gasteiger partial charge in [0.15, 0.2) is 5.75 Å². The third-order valence-electron chi connectivity index (χ3n) is 2.65. The molecule has 1 saturated heterocycles. The average Bonchev–Trinajstić information content (AvgIpc) is 2.62.